The molecule has 0 bridgehead atoms. The van der Waals surface area contributed by atoms with Crippen LogP contribution in [0.1, 0.15) is 64.7 Å². The van der Waals surface area contributed by atoms with Gasteiger partial charge in [0.1, 0.15) is 0 Å². The van der Waals surface area contributed by atoms with Crippen molar-refractivity contribution < 1.29 is 0 Å². The summed E-state index contributed by atoms with van der Waals surface area (Å²) in [5.74, 6) is 0. The fraction of sp³-hybridized carbons (Fsp3) is 0.833. The normalized spacial score (nSPS) is 10.3. The first-order valence-corrected chi connectivity index (χ1v) is 6.03. The van der Waals surface area contributed by atoms with Gasteiger partial charge in [0.15, 0.2) is 0 Å². The minimum Gasteiger partial charge on any atom is -0.0897 e. The molecule has 0 saturated heterocycles. The molecule has 0 aliphatic rings. The molecule has 13 heavy (non-hydrogen) atoms. The highest BCUT2D eigenvalue weighted by atomic mass is 32.1. The maximum Gasteiger partial charge on any atom is -0.00680 e. The molecule has 0 aromatic carbocycles. The maximum atomic E-state index is 4.92. The van der Waals surface area contributed by atoms with E-state index in [1.54, 1.807) is 0 Å². The van der Waals surface area contributed by atoms with E-state index in [0.29, 0.717) is 0 Å². The molecule has 0 aromatic heterocycles. The Hall–Kier alpha value is 0.0900. The Balaban J connectivity index is 2.87. The van der Waals surface area contributed by atoms with Gasteiger partial charge in [-0.25, -0.2) is 0 Å². The molecule has 0 saturated carbocycles. The predicted octanol–water partition coefficient (Wildman–Crippen LogP) is 4.72. The van der Waals surface area contributed by atoms with Gasteiger partial charge in [0.2, 0.25) is 0 Å². The van der Waals surface area contributed by atoms with Crippen molar-refractivity contribution in [3.63, 3.8) is 0 Å². The van der Waals surface area contributed by atoms with Crippen LogP contribution in [0.5, 0.6) is 0 Å². The molecule has 1 radical (unpaired) electrons. The molecule has 0 aliphatic heterocycles. The van der Waals surface area contributed by atoms with Crippen LogP contribution in [-0.2, 0) is 0 Å². The first kappa shape index (κ1) is 13.1. The zero-order valence-electron chi connectivity index (χ0n) is 8.98. The number of unbranched alkanes of at least 4 members (excludes halogenated alkanes) is 7. The molecule has 1 heteroatoms. The zero-order valence-corrected chi connectivity index (χ0v) is 9.80. The van der Waals surface area contributed by atoms with Gasteiger partial charge in [-0.15, -0.1) is 0 Å². The van der Waals surface area contributed by atoms with Gasteiger partial charge in [0.25, 0.3) is 0 Å². The molecule has 0 N–H and O–H groups in total. The van der Waals surface area contributed by atoms with Gasteiger partial charge < -0.3 is 0 Å². The molecule has 77 valence electrons. The minimum absolute atomic E-state index is 0.922. The molecule has 0 unspecified atom stereocenters. The van der Waals surface area contributed by atoms with Gasteiger partial charge in [-0.2, -0.15) is 0 Å². The highest BCUT2D eigenvalue weighted by Crippen LogP contribution is 2.09. The largest absolute Gasteiger partial charge is 0.0897 e. The molecular formula is C12H23S. The average Bonchev–Trinajstić information content (AvgIpc) is 2.09. The molecule has 0 nitrogen and oxygen atoms in total. The Morgan fingerprint density at radius 2 is 1.38 bits per heavy atom. The summed E-state index contributed by atoms with van der Waals surface area (Å²) in [7, 11) is 0. The fourth-order valence-electron chi connectivity index (χ4n) is 1.46. The second-order valence-electron chi connectivity index (χ2n) is 3.76. The lowest BCUT2D eigenvalue weighted by molar-refractivity contribution is 0.580. The molecule has 0 atom stereocenters. The van der Waals surface area contributed by atoms with Gasteiger partial charge in [0, 0.05) is 0 Å². The van der Waals surface area contributed by atoms with Crippen molar-refractivity contribution in [1.29, 1.82) is 0 Å². The van der Waals surface area contributed by atoms with E-state index in [4.69, 9.17) is 12.2 Å². The second kappa shape index (κ2) is 10.2. The van der Waals surface area contributed by atoms with Gasteiger partial charge in [0.05, 0.1) is 0 Å². The van der Waals surface area contributed by atoms with E-state index >= 15 is 0 Å². The van der Waals surface area contributed by atoms with Crippen LogP contribution in [0.2, 0.25) is 0 Å². The summed E-state index contributed by atoms with van der Waals surface area (Å²) in [5, 5.41) is 0. The van der Waals surface area contributed by atoms with E-state index in [1.807, 2.05) is 0 Å². The smallest absolute Gasteiger partial charge is 0.00680 e. The standard InChI is InChI=1S/C12H23S/c1-3-4-5-6-7-8-9-10-11-12(2)13/h2-11H2,1H3. The second-order valence-corrected chi connectivity index (χ2v) is 4.34. The number of hydrogen-bond acceptors (Lipinski definition) is 1. The molecule has 0 fully saturated rings. The quantitative estimate of drug-likeness (QED) is 0.382. The maximum absolute atomic E-state index is 4.92. The molecule has 0 spiro atoms. The van der Waals surface area contributed by atoms with E-state index < -0.39 is 0 Å². The molecule has 0 aliphatic carbocycles. The summed E-state index contributed by atoms with van der Waals surface area (Å²) in [6, 6.07) is 0. The van der Waals surface area contributed by atoms with Crippen LogP contribution < -0.4 is 0 Å². The van der Waals surface area contributed by atoms with Crippen molar-refractivity contribution in [3.8, 4) is 0 Å². The highest BCUT2D eigenvalue weighted by molar-refractivity contribution is 7.80. The lowest BCUT2D eigenvalue weighted by atomic mass is 10.1. The minimum atomic E-state index is 0.922. The van der Waals surface area contributed by atoms with Gasteiger partial charge >= 0.3 is 0 Å². The molecule has 0 rings (SSSR count). The summed E-state index contributed by atoms with van der Waals surface area (Å²) < 4.78 is 0. The summed E-state index contributed by atoms with van der Waals surface area (Å²) >= 11 is 4.92. The average molecular weight is 199 g/mol. The van der Waals surface area contributed by atoms with Crippen molar-refractivity contribution in [2.45, 2.75) is 64.7 Å². The lowest BCUT2D eigenvalue weighted by Crippen LogP contribution is -1.87. The molecule has 0 aromatic rings. The van der Waals surface area contributed by atoms with Gasteiger partial charge in [-0.1, -0.05) is 64.1 Å². The summed E-state index contributed by atoms with van der Waals surface area (Å²) in [6.07, 6.45) is 12.0. The first-order chi connectivity index (χ1) is 6.27. The SMILES string of the molecule is [CH2]C(=S)CCCCCCCCCC. The van der Waals surface area contributed by atoms with E-state index in [1.165, 1.54) is 51.4 Å². The van der Waals surface area contributed by atoms with Crippen LogP contribution in [0.4, 0.5) is 0 Å². The number of thiocarbonyl (C=S) groups is 1. The molecule has 0 amide bonds. The fourth-order valence-corrected chi connectivity index (χ4v) is 1.60. The van der Waals surface area contributed by atoms with Gasteiger partial charge in [-0.05, 0) is 24.6 Å². The van der Waals surface area contributed by atoms with Crippen molar-refractivity contribution in [3.05, 3.63) is 6.92 Å². The Labute approximate surface area is 89.1 Å². The summed E-state index contributed by atoms with van der Waals surface area (Å²) in [5.41, 5.74) is 0. The Morgan fingerprint density at radius 1 is 0.923 bits per heavy atom. The van der Waals surface area contributed by atoms with E-state index in [2.05, 4.69) is 13.8 Å². The van der Waals surface area contributed by atoms with Gasteiger partial charge in [-0.3, -0.25) is 0 Å². The number of hydrogen-bond donors (Lipinski definition) is 0. The van der Waals surface area contributed by atoms with Crippen LogP contribution in [0, 0.1) is 6.92 Å². The van der Waals surface area contributed by atoms with Crippen molar-refractivity contribution in [1.82, 2.24) is 0 Å². The lowest BCUT2D eigenvalue weighted by Gasteiger charge is -2.00. The van der Waals surface area contributed by atoms with Crippen LogP contribution in [0.15, 0.2) is 0 Å². The van der Waals surface area contributed by atoms with Crippen molar-refractivity contribution in [2.75, 3.05) is 0 Å². The molecular weight excluding hydrogens is 176 g/mol. The predicted molar refractivity (Wildman–Crippen MR) is 65.2 cm³/mol. The Bertz CT molecular complexity index is 118. The number of rotatable bonds is 9. The van der Waals surface area contributed by atoms with E-state index in [0.717, 1.165) is 11.3 Å². The monoisotopic (exact) mass is 199 g/mol. The van der Waals surface area contributed by atoms with Crippen LogP contribution in [0.3, 0.4) is 0 Å². The van der Waals surface area contributed by atoms with Crippen LogP contribution >= 0.6 is 12.2 Å². The highest BCUT2D eigenvalue weighted by Gasteiger charge is 1.92. The van der Waals surface area contributed by atoms with Crippen LogP contribution in [-0.4, -0.2) is 4.86 Å². The van der Waals surface area contributed by atoms with Crippen LogP contribution in [0.25, 0.3) is 0 Å². The summed E-state index contributed by atoms with van der Waals surface area (Å²) in [6.45, 7) is 5.99. The van der Waals surface area contributed by atoms with E-state index in [-0.39, 0.29) is 0 Å². The van der Waals surface area contributed by atoms with E-state index in [9.17, 15) is 0 Å². The Morgan fingerprint density at radius 3 is 1.85 bits per heavy atom. The topological polar surface area (TPSA) is 0 Å². The Kier molecular flexibility index (Phi) is 10.2. The third kappa shape index (κ3) is 12.1. The zero-order chi connectivity index (χ0) is 9.94. The van der Waals surface area contributed by atoms with Crippen molar-refractivity contribution in [2.24, 2.45) is 0 Å². The van der Waals surface area contributed by atoms with Crippen molar-refractivity contribution >= 4 is 17.1 Å². The first-order valence-electron chi connectivity index (χ1n) is 5.62. The summed E-state index contributed by atoms with van der Waals surface area (Å²) in [4.78, 5) is 0.922. The third-order valence-corrected chi connectivity index (χ3v) is 2.51. The third-order valence-electron chi connectivity index (χ3n) is 2.31. The molecule has 0 heterocycles.